The van der Waals surface area contributed by atoms with E-state index in [1.165, 1.54) is 0 Å². The molecular weight excluding hydrogens is 414 g/mol. The van der Waals surface area contributed by atoms with Crippen LogP contribution >= 0.6 is 0 Å². The van der Waals surface area contributed by atoms with Crippen molar-refractivity contribution in [2.45, 2.75) is 39.9 Å². The zero-order valence-corrected chi connectivity index (χ0v) is 20.4. The van der Waals surface area contributed by atoms with E-state index in [4.69, 9.17) is 15.0 Å². The third kappa shape index (κ3) is 15.9. The van der Waals surface area contributed by atoms with E-state index >= 15 is 0 Å². The Bertz CT molecular complexity index is 860. The van der Waals surface area contributed by atoms with Crippen LogP contribution in [-0.4, -0.2) is 32.2 Å². The van der Waals surface area contributed by atoms with Crippen LogP contribution in [0, 0.1) is 5.53 Å². The van der Waals surface area contributed by atoms with Crippen molar-refractivity contribution in [2.24, 2.45) is 5.11 Å². The fourth-order valence-corrected chi connectivity index (χ4v) is 1.90. The van der Waals surface area contributed by atoms with Gasteiger partial charge in [-0.2, -0.15) is 0 Å². The molecule has 0 saturated carbocycles. The lowest BCUT2D eigenvalue weighted by Crippen LogP contribution is -1.99. The smallest absolute Gasteiger partial charge is 0.220 e. The van der Waals surface area contributed by atoms with Crippen molar-refractivity contribution in [3.05, 3.63) is 102 Å². The summed E-state index contributed by atoms with van der Waals surface area (Å²) in [6.45, 7) is 8.00. The molecule has 0 aromatic heterocycles. The van der Waals surface area contributed by atoms with E-state index in [1.807, 2.05) is 107 Å². The van der Waals surface area contributed by atoms with Gasteiger partial charge in [0.25, 0.3) is 0 Å². The molecule has 3 aromatic rings. The van der Waals surface area contributed by atoms with Gasteiger partial charge in [0.05, 0.1) is 12.2 Å². The second-order valence-corrected chi connectivity index (χ2v) is 7.17. The summed E-state index contributed by atoms with van der Waals surface area (Å²) in [5.41, 5.74) is 8.58. The maximum absolute atomic E-state index is 11.8. The predicted octanol–water partition coefficient (Wildman–Crippen LogP) is 6.87. The number of carbonyl (C=O) groups is 1. The molecule has 0 amide bonds. The normalized spacial score (nSPS) is 9.21. The van der Waals surface area contributed by atoms with Crippen molar-refractivity contribution in [3.8, 4) is 0 Å². The minimum absolute atomic E-state index is 0.0752. The average molecular weight is 451 g/mol. The Morgan fingerprint density at radius 3 is 1.27 bits per heavy atom. The highest BCUT2D eigenvalue weighted by Gasteiger charge is 2.06. The summed E-state index contributed by atoms with van der Waals surface area (Å²) < 4.78 is 9.50. The monoisotopic (exact) mass is 450 g/mol. The maximum atomic E-state index is 11.8. The van der Waals surface area contributed by atoms with Gasteiger partial charge >= 0.3 is 0 Å². The lowest BCUT2D eigenvalue weighted by Gasteiger charge is -1.99. The quantitative estimate of drug-likeness (QED) is 0.261. The van der Waals surface area contributed by atoms with Crippen LogP contribution in [0.2, 0.25) is 0 Å². The molecule has 1 N–H and O–H groups in total. The first-order valence-corrected chi connectivity index (χ1v) is 10.7. The average Bonchev–Trinajstić information content (AvgIpc) is 2.86. The SMILES string of the molecule is COC(C)C.COC(C)C.N=[N+]=Nc1ccccc1.O=C(c1ccccc1)c1ccccc1. The van der Waals surface area contributed by atoms with Crippen LogP contribution in [0.15, 0.2) is 96.1 Å². The van der Waals surface area contributed by atoms with Crippen molar-refractivity contribution in [2.75, 3.05) is 14.2 Å². The second kappa shape index (κ2) is 19.3. The molecule has 0 fully saturated rings. The van der Waals surface area contributed by atoms with Crippen molar-refractivity contribution in [1.29, 1.82) is 5.53 Å². The molecule has 3 aromatic carbocycles. The van der Waals surface area contributed by atoms with Gasteiger partial charge in [-0.1, -0.05) is 78.9 Å². The summed E-state index contributed by atoms with van der Waals surface area (Å²) in [7, 11) is 3.40. The van der Waals surface area contributed by atoms with Gasteiger partial charge in [-0.15, -0.1) is 0 Å². The maximum Gasteiger partial charge on any atom is 0.220 e. The minimum atomic E-state index is 0.0752. The number of rotatable bonds is 5. The second-order valence-electron chi connectivity index (χ2n) is 7.17. The number of hydrogen-bond acceptors (Lipinski definition) is 5. The number of nitrogens with zero attached hydrogens (tertiary/aromatic N) is 2. The van der Waals surface area contributed by atoms with E-state index in [-0.39, 0.29) is 5.78 Å². The van der Waals surface area contributed by atoms with E-state index < -0.39 is 0 Å². The molecule has 0 heterocycles. The number of ketones is 1. The highest BCUT2D eigenvalue weighted by Crippen LogP contribution is 2.08. The van der Waals surface area contributed by atoms with Gasteiger partial charge in [-0.25, -0.2) is 0 Å². The molecule has 0 atom stereocenters. The van der Waals surface area contributed by atoms with Gasteiger partial charge < -0.3 is 9.47 Å². The summed E-state index contributed by atoms with van der Waals surface area (Å²) in [6, 6.07) is 27.8. The fraction of sp³-hybridized carbons (Fsp3) is 0.296. The molecule has 33 heavy (non-hydrogen) atoms. The van der Waals surface area contributed by atoms with Crippen LogP contribution in [-0.2, 0) is 9.47 Å². The largest absolute Gasteiger partial charge is 0.382 e. The van der Waals surface area contributed by atoms with Crippen molar-refractivity contribution < 1.29 is 14.3 Å². The minimum Gasteiger partial charge on any atom is -0.382 e. The number of nitrogens with one attached hydrogen (secondary N) is 1. The standard InChI is InChI=1S/C13H10O.C6H6N3.2C4H10O/c14-13(11-7-3-1-4-8-11)12-9-5-2-6-10-12;7-9-8-6-4-2-1-3-5-6;2*1-4(2)5-3/h1-10H;1-5,7H;2*4H,1-3H3/q;+1;;. The van der Waals surface area contributed by atoms with Gasteiger partial charge in [0.15, 0.2) is 16.6 Å². The molecule has 176 valence electrons. The number of ether oxygens (including phenoxy) is 2. The Hall–Kier alpha value is -3.44. The Kier molecular flexibility index (Phi) is 17.3. The number of hydrogen-bond donors (Lipinski definition) is 1. The Labute approximate surface area is 197 Å². The highest BCUT2D eigenvalue weighted by atomic mass is 16.5. The van der Waals surface area contributed by atoms with Crippen LogP contribution < -0.4 is 4.91 Å². The van der Waals surface area contributed by atoms with E-state index in [1.54, 1.807) is 26.4 Å². The predicted molar refractivity (Wildman–Crippen MR) is 134 cm³/mol. The zero-order valence-electron chi connectivity index (χ0n) is 20.4. The van der Waals surface area contributed by atoms with E-state index in [9.17, 15) is 4.79 Å². The van der Waals surface area contributed by atoms with E-state index in [0.717, 1.165) is 11.1 Å². The third-order valence-electron chi connectivity index (χ3n) is 3.94. The summed E-state index contributed by atoms with van der Waals surface area (Å²) in [6.07, 6.45) is 0.769. The first-order valence-electron chi connectivity index (χ1n) is 10.7. The van der Waals surface area contributed by atoms with Gasteiger partial charge in [0.1, 0.15) is 5.53 Å². The Morgan fingerprint density at radius 1 is 0.697 bits per heavy atom. The molecule has 0 spiro atoms. The van der Waals surface area contributed by atoms with E-state index in [2.05, 4.69) is 10.0 Å². The highest BCUT2D eigenvalue weighted by molar-refractivity contribution is 6.08. The Balaban J connectivity index is 0.000000464. The van der Waals surface area contributed by atoms with Crippen LogP contribution in [0.4, 0.5) is 5.69 Å². The van der Waals surface area contributed by atoms with Crippen molar-refractivity contribution >= 4 is 11.5 Å². The molecule has 0 unspecified atom stereocenters. The molecule has 0 aliphatic heterocycles. The number of benzene rings is 3. The van der Waals surface area contributed by atoms with Crippen molar-refractivity contribution in [3.63, 3.8) is 0 Å². The molecule has 6 heteroatoms. The molecule has 0 bridgehead atoms. The molecular formula is C27H36N3O3+. The molecule has 0 aliphatic carbocycles. The molecule has 6 nitrogen and oxygen atoms in total. The molecule has 0 aliphatic rings. The van der Waals surface area contributed by atoms with Crippen molar-refractivity contribution in [1.82, 2.24) is 4.91 Å². The number of methoxy groups -OCH3 is 2. The first-order chi connectivity index (χ1) is 15.8. The molecule has 3 rings (SSSR count). The van der Waals surface area contributed by atoms with Gasteiger partial charge in [0, 0.05) is 25.3 Å². The summed E-state index contributed by atoms with van der Waals surface area (Å²) >= 11 is 0. The van der Waals surface area contributed by atoms with E-state index in [0.29, 0.717) is 17.9 Å². The third-order valence-corrected chi connectivity index (χ3v) is 3.94. The van der Waals surface area contributed by atoms with Gasteiger partial charge in [0.2, 0.25) is 4.91 Å². The summed E-state index contributed by atoms with van der Waals surface area (Å²) in [4.78, 5) is 14.7. The molecule has 0 radical (unpaired) electrons. The molecule has 0 saturated heterocycles. The number of carbonyl (C=O) groups excluding carboxylic acids is 1. The van der Waals surface area contributed by atoms with Crippen LogP contribution in [0.1, 0.15) is 43.6 Å². The fourth-order valence-electron chi connectivity index (χ4n) is 1.90. The van der Waals surface area contributed by atoms with Crippen LogP contribution in [0.3, 0.4) is 0 Å². The zero-order chi connectivity index (χ0) is 24.9. The van der Waals surface area contributed by atoms with Gasteiger partial charge in [-0.05, 0) is 39.8 Å². The Morgan fingerprint density at radius 2 is 1.00 bits per heavy atom. The lowest BCUT2D eigenvalue weighted by atomic mass is 10.0. The van der Waals surface area contributed by atoms with Crippen LogP contribution in [0.5, 0.6) is 0 Å². The van der Waals surface area contributed by atoms with Gasteiger partial charge in [-0.3, -0.25) is 4.79 Å². The lowest BCUT2D eigenvalue weighted by molar-refractivity contribution is 0.103. The summed E-state index contributed by atoms with van der Waals surface area (Å²) in [5, 5.41) is 3.50. The van der Waals surface area contributed by atoms with Crippen LogP contribution in [0.25, 0.3) is 0 Å². The topological polar surface area (TPSA) is 85.8 Å². The summed E-state index contributed by atoms with van der Waals surface area (Å²) in [5.74, 6) is 0.0752. The first kappa shape index (κ1) is 29.6.